The van der Waals surface area contributed by atoms with Gasteiger partial charge in [0.25, 0.3) is 5.91 Å². The van der Waals surface area contributed by atoms with Crippen LogP contribution in [0.25, 0.3) is 0 Å². The maximum Gasteiger partial charge on any atom is 0.257 e. The Hall–Kier alpha value is -2.65. The van der Waals surface area contributed by atoms with Crippen LogP contribution in [0.5, 0.6) is 5.75 Å². The van der Waals surface area contributed by atoms with Crippen LogP contribution in [-0.2, 0) is 19.1 Å². The molecule has 9 nitrogen and oxygen atoms in total. The molecule has 2 heterocycles. The predicted molar refractivity (Wildman–Crippen MR) is 128 cm³/mol. The lowest BCUT2D eigenvalue weighted by molar-refractivity contribution is -0.142. The van der Waals surface area contributed by atoms with Crippen molar-refractivity contribution in [2.75, 3.05) is 52.4 Å². The van der Waals surface area contributed by atoms with Gasteiger partial charge in [-0.05, 0) is 38.0 Å². The first kappa shape index (κ1) is 26.0. The standard InChI is InChI=1S/C25H37N3O6/c1-16-13-28(24(30)19-8-10-33-11-9-19)17(2)15-34-22-7-6-20(26-18(3)29)12-21(22)25(31)27(4)14-23(16)32-5/h6-7,12,16-17,19,23H,8-11,13-15H2,1-5H3,(H,26,29)/t16-,17+,23-/m1/s1. The highest BCUT2D eigenvalue weighted by atomic mass is 16.5. The summed E-state index contributed by atoms with van der Waals surface area (Å²) in [4.78, 5) is 41.8. The number of ether oxygens (including phenoxy) is 3. The van der Waals surface area contributed by atoms with Gasteiger partial charge in [-0.2, -0.15) is 0 Å². The van der Waals surface area contributed by atoms with Crippen LogP contribution in [0.15, 0.2) is 18.2 Å². The molecule has 34 heavy (non-hydrogen) atoms. The highest BCUT2D eigenvalue weighted by Gasteiger charge is 2.33. The number of fused-ring (bicyclic) bond motifs is 1. The number of anilines is 1. The molecular weight excluding hydrogens is 438 g/mol. The zero-order valence-electron chi connectivity index (χ0n) is 20.8. The first-order chi connectivity index (χ1) is 16.2. The number of nitrogens with zero attached hydrogens (tertiary/aromatic N) is 2. The molecule has 0 aliphatic carbocycles. The number of likely N-dealkylation sites (N-methyl/N-ethyl adjacent to an activating group) is 1. The summed E-state index contributed by atoms with van der Waals surface area (Å²) < 4.78 is 17.3. The number of carbonyl (C=O) groups is 3. The second kappa shape index (κ2) is 11.7. The molecule has 0 spiro atoms. The van der Waals surface area contributed by atoms with E-state index >= 15 is 0 Å². The Morgan fingerprint density at radius 2 is 1.85 bits per heavy atom. The van der Waals surface area contributed by atoms with Gasteiger partial charge in [0.05, 0.1) is 17.7 Å². The van der Waals surface area contributed by atoms with Gasteiger partial charge in [-0.3, -0.25) is 14.4 Å². The summed E-state index contributed by atoms with van der Waals surface area (Å²) in [6.07, 6.45) is 1.18. The quantitative estimate of drug-likeness (QED) is 0.721. The van der Waals surface area contributed by atoms with E-state index in [0.717, 1.165) is 12.8 Å². The SMILES string of the molecule is CO[C@@H]1CN(C)C(=O)c2cc(NC(C)=O)ccc2OC[C@H](C)N(C(=O)C2CCOCC2)C[C@H]1C. The van der Waals surface area contributed by atoms with Crippen molar-refractivity contribution in [1.29, 1.82) is 0 Å². The normalized spacial score (nSPS) is 25.0. The van der Waals surface area contributed by atoms with Gasteiger partial charge in [-0.1, -0.05) is 6.92 Å². The van der Waals surface area contributed by atoms with Gasteiger partial charge in [-0.15, -0.1) is 0 Å². The fourth-order valence-electron chi connectivity index (χ4n) is 4.54. The number of hydrogen-bond acceptors (Lipinski definition) is 6. The molecule has 1 fully saturated rings. The first-order valence-electron chi connectivity index (χ1n) is 11.9. The van der Waals surface area contributed by atoms with Crippen LogP contribution in [0.2, 0.25) is 0 Å². The summed E-state index contributed by atoms with van der Waals surface area (Å²) >= 11 is 0. The minimum absolute atomic E-state index is 0.00361. The lowest BCUT2D eigenvalue weighted by atomic mass is 9.95. The largest absolute Gasteiger partial charge is 0.491 e. The summed E-state index contributed by atoms with van der Waals surface area (Å²) in [6, 6.07) is 4.81. The third-order valence-corrected chi connectivity index (χ3v) is 6.62. The maximum absolute atomic E-state index is 13.5. The van der Waals surface area contributed by atoms with Crippen molar-refractivity contribution < 1.29 is 28.6 Å². The maximum atomic E-state index is 13.5. The summed E-state index contributed by atoms with van der Waals surface area (Å²) in [5, 5.41) is 2.72. The van der Waals surface area contributed by atoms with Crippen LogP contribution < -0.4 is 10.1 Å². The van der Waals surface area contributed by atoms with Crippen LogP contribution in [0.4, 0.5) is 5.69 Å². The molecule has 2 aliphatic rings. The van der Waals surface area contributed by atoms with Crippen molar-refractivity contribution in [2.24, 2.45) is 11.8 Å². The molecule has 1 saturated heterocycles. The van der Waals surface area contributed by atoms with E-state index in [9.17, 15) is 14.4 Å². The Morgan fingerprint density at radius 1 is 1.15 bits per heavy atom. The molecule has 0 aromatic heterocycles. The minimum atomic E-state index is -0.256. The van der Waals surface area contributed by atoms with Gasteiger partial charge in [0.2, 0.25) is 11.8 Å². The van der Waals surface area contributed by atoms with Gasteiger partial charge in [0.1, 0.15) is 12.4 Å². The number of methoxy groups -OCH3 is 1. The van der Waals surface area contributed by atoms with Crippen LogP contribution in [0.1, 0.15) is 44.0 Å². The Morgan fingerprint density at radius 3 is 2.50 bits per heavy atom. The smallest absolute Gasteiger partial charge is 0.257 e. The minimum Gasteiger partial charge on any atom is -0.491 e. The molecule has 3 atom stereocenters. The van der Waals surface area contributed by atoms with E-state index in [2.05, 4.69) is 5.32 Å². The Kier molecular flexibility index (Phi) is 8.90. The molecule has 3 rings (SSSR count). The summed E-state index contributed by atoms with van der Waals surface area (Å²) in [5.74, 6) is 0.0200. The van der Waals surface area contributed by atoms with Crippen LogP contribution >= 0.6 is 0 Å². The molecule has 0 bridgehead atoms. The molecule has 3 amide bonds. The molecule has 1 N–H and O–H groups in total. The number of hydrogen-bond donors (Lipinski definition) is 1. The molecule has 1 aromatic carbocycles. The number of carbonyl (C=O) groups excluding carboxylic acids is 3. The highest BCUT2D eigenvalue weighted by molar-refractivity contribution is 5.99. The van der Waals surface area contributed by atoms with E-state index in [1.807, 2.05) is 18.7 Å². The van der Waals surface area contributed by atoms with Crippen molar-refractivity contribution in [1.82, 2.24) is 9.80 Å². The molecule has 188 valence electrons. The molecule has 0 unspecified atom stereocenters. The molecule has 0 saturated carbocycles. The fourth-order valence-corrected chi connectivity index (χ4v) is 4.54. The highest BCUT2D eigenvalue weighted by Crippen LogP contribution is 2.27. The van der Waals surface area contributed by atoms with Crippen molar-refractivity contribution in [3.8, 4) is 5.75 Å². The van der Waals surface area contributed by atoms with E-state index in [1.54, 1.807) is 37.3 Å². The molecule has 0 radical (unpaired) electrons. The zero-order chi connectivity index (χ0) is 24.8. The molecule has 2 aliphatic heterocycles. The number of rotatable bonds is 3. The zero-order valence-corrected chi connectivity index (χ0v) is 20.8. The Balaban J connectivity index is 1.94. The van der Waals surface area contributed by atoms with Gasteiger partial charge in [0, 0.05) is 64.9 Å². The summed E-state index contributed by atoms with van der Waals surface area (Å²) in [7, 11) is 3.35. The van der Waals surface area contributed by atoms with Crippen molar-refractivity contribution in [2.45, 2.75) is 45.8 Å². The van der Waals surface area contributed by atoms with E-state index < -0.39 is 0 Å². The van der Waals surface area contributed by atoms with E-state index in [4.69, 9.17) is 14.2 Å². The Labute approximate surface area is 201 Å². The van der Waals surface area contributed by atoms with Gasteiger partial charge in [0.15, 0.2) is 0 Å². The topological polar surface area (TPSA) is 97.4 Å². The van der Waals surface area contributed by atoms with Gasteiger partial charge in [-0.25, -0.2) is 0 Å². The van der Waals surface area contributed by atoms with Crippen molar-refractivity contribution in [3.63, 3.8) is 0 Å². The summed E-state index contributed by atoms with van der Waals surface area (Å²) in [5.41, 5.74) is 0.871. The fraction of sp³-hybridized carbons (Fsp3) is 0.640. The number of amides is 3. The lowest BCUT2D eigenvalue weighted by Crippen LogP contribution is -2.50. The first-order valence-corrected chi connectivity index (χ1v) is 11.9. The van der Waals surface area contributed by atoms with E-state index in [-0.39, 0.29) is 48.3 Å². The predicted octanol–water partition coefficient (Wildman–Crippen LogP) is 2.40. The Bertz CT molecular complexity index is 885. The third kappa shape index (κ3) is 6.27. The van der Waals surface area contributed by atoms with Crippen LogP contribution in [-0.4, -0.2) is 86.7 Å². The van der Waals surface area contributed by atoms with Crippen LogP contribution in [0.3, 0.4) is 0 Å². The average molecular weight is 476 g/mol. The monoisotopic (exact) mass is 475 g/mol. The molecule has 1 aromatic rings. The van der Waals surface area contributed by atoms with E-state index in [1.165, 1.54) is 6.92 Å². The van der Waals surface area contributed by atoms with Gasteiger partial charge >= 0.3 is 0 Å². The number of nitrogens with one attached hydrogen (secondary N) is 1. The molecule has 9 heteroatoms. The van der Waals surface area contributed by atoms with Crippen molar-refractivity contribution >= 4 is 23.4 Å². The third-order valence-electron chi connectivity index (χ3n) is 6.62. The molecular formula is C25H37N3O6. The lowest BCUT2D eigenvalue weighted by Gasteiger charge is -2.38. The average Bonchev–Trinajstić information content (AvgIpc) is 2.83. The second-order valence-electron chi connectivity index (χ2n) is 9.37. The van der Waals surface area contributed by atoms with Crippen LogP contribution in [0, 0.1) is 11.8 Å². The number of benzene rings is 1. The van der Waals surface area contributed by atoms with E-state index in [0.29, 0.717) is 43.3 Å². The summed E-state index contributed by atoms with van der Waals surface area (Å²) in [6.45, 7) is 7.73. The van der Waals surface area contributed by atoms with Gasteiger partial charge < -0.3 is 29.3 Å². The second-order valence-corrected chi connectivity index (χ2v) is 9.37. The van der Waals surface area contributed by atoms with Crippen molar-refractivity contribution in [3.05, 3.63) is 23.8 Å².